The number of halogens is 1. The molecule has 58 valence electrons. The molecular weight excluding hydrogens is 249 g/mol. The van der Waals surface area contributed by atoms with Gasteiger partial charge in [-0.3, -0.25) is 5.41 Å². The molecule has 1 N–H and O–H groups in total. The SMILES string of the molecule is CC1C=CC=C(C(=N)I)C=C1. The molecule has 2 heteroatoms. The lowest BCUT2D eigenvalue weighted by Gasteiger charge is -1.94. The molecule has 11 heavy (non-hydrogen) atoms. The average molecular weight is 259 g/mol. The van der Waals surface area contributed by atoms with Crippen LogP contribution in [0.3, 0.4) is 0 Å². The molecule has 0 heterocycles. The van der Waals surface area contributed by atoms with Crippen LogP contribution in [-0.2, 0) is 0 Å². The molecule has 0 spiro atoms. The van der Waals surface area contributed by atoms with Crippen molar-refractivity contribution >= 4 is 26.3 Å². The summed E-state index contributed by atoms with van der Waals surface area (Å²) < 4.78 is 0.595. The van der Waals surface area contributed by atoms with Crippen LogP contribution in [0.1, 0.15) is 6.92 Å². The molecular formula is C9H10IN. The van der Waals surface area contributed by atoms with E-state index in [9.17, 15) is 0 Å². The lowest BCUT2D eigenvalue weighted by atomic mass is 10.1. The molecule has 1 nitrogen and oxygen atoms in total. The minimum absolute atomic E-state index is 0.486. The summed E-state index contributed by atoms with van der Waals surface area (Å²) in [6.45, 7) is 2.13. The first kappa shape index (κ1) is 8.71. The normalized spacial score (nSPS) is 22.7. The molecule has 0 bridgehead atoms. The summed E-state index contributed by atoms with van der Waals surface area (Å²) in [5.41, 5.74) is 0.992. The van der Waals surface area contributed by atoms with Crippen LogP contribution in [0.5, 0.6) is 0 Å². The molecule has 1 atom stereocenters. The number of allylic oxidation sites excluding steroid dienone is 6. The zero-order valence-corrected chi connectivity index (χ0v) is 8.50. The Morgan fingerprint density at radius 2 is 2.27 bits per heavy atom. The monoisotopic (exact) mass is 259 g/mol. The minimum Gasteiger partial charge on any atom is -0.294 e. The van der Waals surface area contributed by atoms with Gasteiger partial charge in [-0.25, -0.2) is 0 Å². The summed E-state index contributed by atoms with van der Waals surface area (Å²) in [6, 6.07) is 0. The Hall–Kier alpha value is -0.380. The van der Waals surface area contributed by atoms with Crippen LogP contribution >= 0.6 is 22.6 Å². The number of hydrogen-bond donors (Lipinski definition) is 1. The highest BCUT2D eigenvalue weighted by molar-refractivity contribution is 14.1. The molecule has 0 fully saturated rings. The Kier molecular flexibility index (Phi) is 3.05. The molecule has 0 saturated carbocycles. The third-order valence-corrected chi connectivity index (χ3v) is 2.15. The number of rotatable bonds is 1. The lowest BCUT2D eigenvalue weighted by molar-refractivity contribution is 0.942. The van der Waals surface area contributed by atoms with E-state index in [1.54, 1.807) is 0 Å². The molecule has 0 amide bonds. The fourth-order valence-electron chi connectivity index (χ4n) is 0.856. The third-order valence-electron chi connectivity index (χ3n) is 1.52. The van der Waals surface area contributed by atoms with Gasteiger partial charge in [0.2, 0.25) is 0 Å². The van der Waals surface area contributed by atoms with Gasteiger partial charge in [0.15, 0.2) is 0 Å². The number of hydrogen-bond acceptors (Lipinski definition) is 1. The first-order valence-corrected chi connectivity index (χ1v) is 4.59. The molecule has 0 saturated heterocycles. The van der Waals surface area contributed by atoms with E-state index in [4.69, 9.17) is 5.41 Å². The third kappa shape index (κ3) is 2.61. The van der Waals surface area contributed by atoms with Gasteiger partial charge >= 0.3 is 0 Å². The van der Waals surface area contributed by atoms with Gasteiger partial charge in [0.1, 0.15) is 0 Å². The van der Waals surface area contributed by atoms with Crippen molar-refractivity contribution in [1.82, 2.24) is 0 Å². The lowest BCUT2D eigenvalue weighted by Crippen LogP contribution is -1.86. The highest BCUT2D eigenvalue weighted by Crippen LogP contribution is 2.12. The molecule has 0 aliphatic heterocycles. The molecule has 1 aliphatic carbocycles. The van der Waals surface area contributed by atoms with Crippen LogP contribution in [0, 0.1) is 11.3 Å². The van der Waals surface area contributed by atoms with Crippen molar-refractivity contribution in [3.8, 4) is 0 Å². The molecule has 0 aromatic carbocycles. The second-order valence-corrected chi connectivity index (χ2v) is 3.62. The van der Waals surface area contributed by atoms with Gasteiger partial charge in [-0.2, -0.15) is 0 Å². The van der Waals surface area contributed by atoms with Crippen molar-refractivity contribution < 1.29 is 0 Å². The molecule has 1 unspecified atom stereocenters. The fourth-order valence-corrected chi connectivity index (χ4v) is 1.22. The zero-order valence-electron chi connectivity index (χ0n) is 6.34. The van der Waals surface area contributed by atoms with E-state index in [2.05, 4.69) is 19.1 Å². The number of nitrogens with one attached hydrogen (secondary N) is 1. The second-order valence-electron chi connectivity index (χ2n) is 2.54. The minimum atomic E-state index is 0.486. The van der Waals surface area contributed by atoms with Crippen molar-refractivity contribution in [3.63, 3.8) is 0 Å². The Morgan fingerprint density at radius 3 is 2.91 bits per heavy atom. The second kappa shape index (κ2) is 3.85. The molecule has 0 aromatic rings. The predicted molar refractivity (Wildman–Crippen MR) is 57.3 cm³/mol. The van der Waals surface area contributed by atoms with E-state index >= 15 is 0 Å². The predicted octanol–water partition coefficient (Wildman–Crippen LogP) is 3.09. The van der Waals surface area contributed by atoms with E-state index in [1.165, 1.54) is 0 Å². The van der Waals surface area contributed by atoms with E-state index in [0.717, 1.165) is 5.57 Å². The van der Waals surface area contributed by atoms with Gasteiger partial charge in [0.25, 0.3) is 0 Å². The van der Waals surface area contributed by atoms with Crippen LogP contribution in [0.25, 0.3) is 0 Å². The Labute approximate surface area is 80.5 Å². The summed E-state index contributed by atoms with van der Waals surface area (Å²) in [5.74, 6) is 0.486. The van der Waals surface area contributed by atoms with Crippen LogP contribution in [-0.4, -0.2) is 3.72 Å². The van der Waals surface area contributed by atoms with Gasteiger partial charge in [0.05, 0.1) is 3.72 Å². The van der Waals surface area contributed by atoms with Crippen molar-refractivity contribution in [1.29, 1.82) is 5.41 Å². The zero-order chi connectivity index (χ0) is 8.27. The maximum absolute atomic E-state index is 7.39. The summed E-state index contributed by atoms with van der Waals surface area (Å²) in [6.07, 6.45) is 10.2. The van der Waals surface area contributed by atoms with Gasteiger partial charge < -0.3 is 0 Å². The van der Waals surface area contributed by atoms with E-state index < -0.39 is 0 Å². The smallest absolute Gasteiger partial charge is 0.0992 e. The van der Waals surface area contributed by atoms with Crippen LogP contribution in [0.4, 0.5) is 0 Å². The first-order valence-electron chi connectivity index (χ1n) is 3.51. The van der Waals surface area contributed by atoms with Crippen LogP contribution in [0.15, 0.2) is 36.0 Å². The Morgan fingerprint density at radius 1 is 1.55 bits per heavy atom. The maximum atomic E-state index is 7.39. The van der Waals surface area contributed by atoms with Crippen LogP contribution < -0.4 is 0 Å². The fraction of sp³-hybridized carbons (Fsp3) is 0.222. The van der Waals surface area contributed by atoms with Crippen molar-refractivity contribution in [2.24, 2.45) is 5.92 Å². The van der Waals surface area contributed by atoms with Gasteiger partial charge in [-0.1, -0.05) is 37.3 Å². The highest BCUT2D eigenvalue weighted by atomic mass is 127. The van der Waals surface area contributed by atoms with Crippen molar-refractivity contribution in [2.45, 2.75) is 6.92 Å². The quantitative estimate of drug-likeness (QED) is 0.552. The van der Waals surface area contributed by atoms with Crippen molar-refractivity contribution in [2.75, 3.05) is 0 Å². The van der Waals surface area contributed by atoms with Gasteiger partial charge in [-0.15, -0.1) is 0 Å². The van der Waals surface area contributed by atoms with E-state index in [1.807, 2.05) is 40.8 Å². The molecule has 1 aliphatic rings. The molecule has 0 aromatic heterocycles. The van der Waals surface area contributed by atoms with Crippen molar-refractivity contribution in [3.05, 3.63) is 36.0 Å². The summed E-state index contributed by atoms with van der Waals surface area (Å²) in [5, 5.41) is 7.39. The standard InChI is InChI=1S/C9H10IN/c1-7-3-2-4-8(6-5-7)9(10)11/h2-7,11H,1H3. The highest BCUT2D eigenvalue weighted by Gasteiger charge is 1.99. The largest absolute Gasteiger partial charge is 0.294 e. The van der Waals surface area contributed by atoms with E-state index in [0.29, 0.717) is 9.64 Å². The topological polar surface area (TPSA) is 23.9 Å². The van der Waals surface area contributed by atoms with E-state index in [-0.39, 0.29) is 0 Å². The summed E-state index contributed by atoms with van der Waals surface area (Å²) in [4.78, 5) is 0. The van der Waals surface area contributed by atoms with Gasteiger partial charge in [-0.05, 0) is 28.5 Å². The Bertz CT molecular complexity index is 248. The summed E-state index contributed by atoms with van der Waals surface area (Å²) in [7, 11) is 0. The molecule has 1 rings (SSSR count). The molecule has 0 radical (unpaired) electrons. The average Bonchev–Trinajstić information content (AvgIpc) is 2.13. The van der Waals surface area contributed by atoms with Crippen LogP contribution in [0.2, 0.25) is 0 Å². The van der Waals surface area contributed by atoms with Gasteiger partial charge in [0, 0.05) is 5.57 Å². The summed E-state index contributed by atoms with van der Waals surface area (Å²) >= 11 is 2.02. The Balaban J connectivity index is 2.85. The maximum Gasteiger partial charge on any atom is 0.0992 e. The first-order chi connectivity index (χ1) is 5.20.